The first kappa shape index (κ1) is 13.2. The van der Waals surface area contributed by atoms with Gasteiger partial charge in [-0.2, -0.15) is 0 Å². The van der Waals surface area contributed by atoms with E-state index in [1.165, 1.54) is 12.8 Å². The number of carbonyl (C=O) groups excluding carboxylic acids is 1. The molecule has 0 aromatic carbocycles. The van der Waals surface area contributed by atoms with Crippen LogP contribution in [0.2, 0.25) is 0 Å². The number of carbonyl (C=O) groups is 1. The summed E-state index contributed by atoms with van der Waals surface area (Å²) in [5.41, 5.74) is 0. The van der Waals surface area contributed by atoms with Crippen molar-refractivity contribution in [2.24, 2.45) is 0 Å². The van der Waals surface area contributed by atoms with Crippen molar-refractivity contribution in [3.8, 4) is 0 Å². The fourth-order valence-electron chi connectivity index (χ4n) is 1.14. The number of allylic oxidation sites excluding steroid dienone is 1. The minimum Gasteiger partial charge on any atom is -0.461 e. The quantitative estimate of drug-likeness (QED) is 0.339. The second-order valence-electron chi connectivity index (χ2n) is 3.37. The second-order valence-corrected chi connectivity index (χ2v) is 3.37. The molecule has 0 bridgehead atoms. The smallest absolute Gasteiger partial charge is 0.306 e. The Morgan fingerprint density at radius 1 is 1.14 bits per heavy atom. The van der Waals surface area contributed by atoms with Gasteiger partial charge in [0, 0.05) is 6.42 Å². The average Bonchev–Trinajstić information content (AvgIpc) is 2.19. The van der Waals surface area contributed by atoms with Crippen molar-refractivity contribution in [2.45, 2.75) is 52.4 Å². The maximum absolute atomic E-state index is 11.1. The van der Waals surface area contributed by atoms with E-state index in [1.54, 1.807) is 0 Å². The first-order chi connectivity index (χ1) is 6.81. The molecule has 0 fully saturated rings. The molecule has 0 saturated carbocycles. The van der Waals surface area contributed by atoms with Crippen LogP contribution in [0.4, 0.5) is 0 Å². The summed E-state index contributed by atoms with van der Waals surface area (Å²) in [5, 5.41) is 0. The van der Waals surface area contributed by atoms with Gasteiger partial charge in [0.1, 0.15) is 6.61 Å². The second kappa shape index (κ2) is 10.3. The van der Waals surface area contributed by atoms with E-state index in [0.717, 1.165) is 19.3 Å². The summed E-state index contributed by atoms with van der Waals surface area (Å²) in [7, 11) is 0. The van der Waals surface area contributed by atoms with E-state index < -0.39 is 0 Å². The van der Waals surface area contributed by atoms with Crippen molar-refractivity contribution >= 4 is 5.97 Å². The van der Waals surface area contributed by atoms with Gasteiger partial charge < -0.3 is 4.74 Å². The molecule has 0 aromatic rings. The maximum atomic E-state index is 11.1. The third-order valence-corrected chi connectivity index (χ3v) is 1.98. The van der Waals surface area contributed by atoms with Crippen LogP contribution in [0.3, 0.4) is 0 Å². The molecule has 0 saturated heterocycles. The van der Waals surface area contributed by atoms with Gasteiger partial charge in [-0.05, 0) is 12.8 Å². The molecule has 0 atom stereocenters. The zero-order chi connectivity index (χ0) is 10.6. The van der Waals surface area contributed by atoms with Gasteiger partial charge in [0.2, 0.25) is 0 Å². The highest BCUT2D eigenvalue weighted by Crippen LogP contribution is 2.03. The summed E-state index contributed by atoms with van der Waals surface area (Å²) in [5.74, 6) is -0.0677. The molecule has 0 unspecified atom stereocenters. The van der Waals surface area contributed by atoms with E-state index in [9.17, 15) is 4.79 Å². The molecule has 14 heavy (non-hydrogen) atoms. The Balaban J connectivity index is 3.24. The summed E-state index contributed by atoms with van der Waals surface area (Å²) in [6, 6.07) is 0. The first-order valence-corrected chi connectivity index (χ1v) is 5.61. The van der Waals surface area contributed by atoms with Crippen LogP contribution in [0.25, 0.3) is 0 Å². The van der Waals surface area contributed by atoms with E-state index in [2.05, 4.69) is 13.8 Å². The van der Waals surface area contributed by atoms with Crippen LogP contribution in [0.15, 0.2) is 12.2 Å². The molecule has 0 spiro atoms. The van der Waals surface area contributed by atoms with Crippen LogP contribution in [0, 0.1) is 0 Å². The Labute approximate surface area is 87.3 Å². The summed E-state index contributed by atoms with van der Waals surface area (Å²) in [6.07, 6.45) is 9.97. The molecule has 2 nitrogen and oxygen atoms in total. The van der Waals surface area contributed by atoms with Gasteiger partial charge in [-0.1, -0.05) is 45.3 Å². The predicted molar refractivity (Wildman–Crippen MR) is 59.1 cm³/mol. The van der Waals surface area contributed by atoms with Crippen molar-refractivity contribution in [2.75, 3.05) is 6.61 Å². The molecule has 0 aliphatic rings. The molecule has 0 aliphatic carbocycles. The zero-order valence-electron chi connectivity index (χ0n) is 9.42. The Morgan fingerprint density at radius 3 is 2.57 bits per heavy atom. The van der Waals surface area contributed by atoms with Crippen molar-refractivity contribution in [1.82, 2.24) is 0 Å². The zero-order valence-corrected chi connectivity index (χ0v) is 9.42. The molecule has 0 rings (SSSR count). The highest BCUT2D eigenvalue weighted by Gasteiger charge is 1.99. The van der Waals surface area contributed by atoms with Crippen LogP contribution in [0.5, 0.6) is 0 Å². The van der Waals surface area contributed by atoms with Gasteiger partial charge in [0.25, 0.3) is 0 Å². The van der Waals surface area contributed by atoms with Crippen LogP contribution >= 0.6 is 0 Å². The highest BCUT2D eigenvalue weighted by molar-refractivity contribution is 5.69. The van der Waals surface area contributed by atoms with Crippen LogP contribution < -0.4 is 0 Å². The number of unbranched alkanes of at least 4 members (excludes halogenated alkanes) is 3. The maximum Gasteiger partial charge on any atom is 0.306 e. The van der Waals surface area contributed by atoms with Crippen molar-refractivity contribution in [1.29, 1.82) is 0 Å². The van der Waals surface area contributed by atoms with E-state index in [0.29, 0.717) is 13.0 Å². The Hall–Kier alpha value is -0.790. The molecule has 0 N–H and O–H groups in total. The van der Waals surface area contributed by atoms with E-state index in [4.69, 9.17) is 4.74 Å². The molecule has 0 aliphatic heterocycles. The fraction of sp³-hybridized carbons (Fsp3) is 0.750. The third kappa shape index (κ3) is 9.30. The molecular weight excluding hydrogens is 176 g/mol. The summed E-state index contributed by atoms with van der Waals surface area (Å²) in [6.45, 7) is 4.65. The number of rotatable bonds is 8. The fourth-order valence-corrected chi connectivity index (χ4v) is 1.14. The van der Waals surface area contributed by atoms with Gasteiger partial charge in [-0.3, -0.25) is 4.79 Å². The summed E-state index contributed by atoms with van der Waals surface area (Å²) in [4.78, 5) is 11.1. The lowest BCUT2D eigenvalue weighted by Crippen LogP contribution is -2.03. The van der Waals surface area contributed by atoms with E-state index in [-0.39, 0.29) is 5.97 Å². The highest BCUT2D eigenvalue weighted by atomic mass is 16.5. The molecule has 82 valence electrons. The van der Waals surface area contributed by atoms with Crippen LogP contribution in [0.1, 0.15) is 52.4 Å². The standard InChI is InChI=1S/C12H22O2/c1-3-5-7-8-10-12(13)14-11-9-6-4-2/h6,9H,3-5,7-8,10-11H2,1-2H3/b9-6+. The Kier molecular flexibility index (Phi) is 9.71. The van der Waals surface area contributed by atoms with Crippen molar-refractivity contribution in [3.63, 3.8) is 0 Å². The molecule has 0 heterocycles. The van der Waals surface area contributed by atoms with E-state index >= 15 is 0 Å². The predicted octanol–water partition coefficient (Wildman–Crippen LogP) is 3.47. The van der Waals surface area contributed by atoms with Crippen LogP contribution in [-0.2, 0) is 9.53 Å². The average molecular weight is 198 g/mol. The van der Waals surface area contributed by atoms with Gasteiger partial charge in [0.05, 0.1) is 0 Å². The molecule has 0 radical (unpaired) electrons. The SMILES string of the molecule is CC/C=C/COC(=O)CCCCCC. The lowest BCUT2D eigenvalue weighted by molar-refractivity contribution is -0.142. The van der Waals surface area contributed by atoms with Gasteiger partial charge in [0.15, 0.2) is 0 Å². The van der Waals surface area contributed by atoms with Gasteiger partial charge >= 0.3 is 5.97 Å². The van der Waals surface area contributed by atoms with Gasteiger partial charge in [-0.15, -0.1) is 0 Å². The number of esters is 1. The molecule has 0 amide bonds. The van der Waals surface area contributed by atoms with E-state index in [1.807, 2.05) is 12.2 Å². The van der Waals surface area contributed by atoms with Crippen LogP contribution in [-0.4, -0.2) is 12.6 Å². The number of hydrogen-bond donors (Lipinski definition) is 0. The number of ether oxygens (including phenoxy) is 1. The minimum absolute atomic E-state index is 0.0677. The minimum atomic E-state index is -0.0677. The Morgan fingerprint density at radius 2 is 1.93 bits per heavy atom. The summed E-state index contributed by atoms with van der Waals surface area (Å²) < 4.78 is 5.00. The summed E-state index contributed by atoms with van der Waals surface area (Å²) >= 11 is 0. The lowest BCUT2D eigenvalue weighted by atomic mass is 10.2. The van der Waals surface area contributed by atoms with Crippen molar-refractivity contribution in [3.05, 3.63) is 12.2 Å². The molecule has 2 heteroatoms. The normalized spacial score (nSPS) is 10.7. The Bertz CT molecular complexity index is 162. The van der Waals surface area contributed by atoms with Crippen molar-refractivity contribution < 1.29 is 9.53 Å². The molecular formula is C12H22O2. The monoisotopic (exact) mass is 198 g/mol. The third-order valence-electron chi connectivity index (χ3n) is 1.98. The first-order valence-electron chi connectivity index (χ1n) is 5.61. The van der Waals surface area contributed by atoms with Gasteiger partial charge in [-0.25, -0.2) is 0 Å². The largest absolute Gasteiger partial charge is 0.461 e. The topological polar surface area (TPSA) is 26.3 Å². The molecule has 0 aromatic heterocycles. The number of hydrogen-bond acceptors (Lipinski definition) is 2. The lowest BCUT2D eigenvalue weighted by Gasteiger charge is -2.01.